The standard InChI is InChI=1S/C19H26N6O/c1-13(2)11-14-16(25-10-9-20-12-15(25)23-14)19(26,18(3,4)5)24-17-21-7-6-8-22-17/h6-10,12-13,26H,11H2,1-5H3,(H,21,22,24). The molecular formula is C19H26N6O. The third kappa shape index (κ3) is 3.26. The highest BCUT2D eigenvalue weighted by molar-refractivity contribution is 5.46. The van der Waals surface area contributed by atoms with Crippen molar-refractivity contribution in [1.82, 2.24) is 24.3 Å². The number of hydrogen-bond acceptors (Lipinski definition) is 6. The van der Waals surface area contributed by atoms with Crippen LogP contribution in [0.3, 0.4) is 0 Å². The van der Waals surface area contributed by atoms with Crippen molar-refractivity contribution in [3.63, 3.8) is 0 Å². The van der Waals surface area contributed by atoms with Crippen molar-refractivity contribution in [2.75, 3.05) is 5.32 Å². The Labute approximate surface area is 153 Å². The highest BCUT2D eigenvalue weighted by atomic mass is 16.3. The number of aliphatic hydroxyl groups is 1. The molecule has 1 atom stereocenters. The predicted octanol–water partition coefficient (Wildman–Crippen LogP) is 3.02. The Bertz CT molecular complexity index is 884. The number of aromatic nitrogens is 5. The molecule has 3 rings (SSSR count). The molecule has 0 amide bonds. The van der Waals surface area contributed by atoms with Gasteiger partial charge in [-0.15, -0.1) is 0 Å². The molecule has 0 saturated heterocycles. The van der Waals surface area contributed by atoms with Gasteiger partial charge >= 0.3 is 0 Å². The average Bonchev–Trinajstić information content (AvgIpc) is 2.92. The lowest BCUT2D eigenvalue weighted by atomic mass is 9.79. The zero-order valence-corrected chi connectivity index (χ0v) is 15.9. The van der Waals surface area contributed by atoms with Gasteiger partial charge in [-0.05, 0) is 18.4 Å². The summed E-state index contributed by atoms with van der Waals surface area (Å²) in [5.74, 6) is 0.758. The molecule has 0 aliphatic heterocycles. The molecule has 0 radical (unpaired) electrons. The first-order valence-electron chi connectivity index (χ1n) is 8.81. The van der Waals surface area contributed by atoms with Gasteiger partial charge in [-0.25, -0.2) is 15.0 Å². The first-order chi connectivity index (χ1) is 12.2. The van der Waals surface area contributed by atoms with Crippen LogP contribution >= 0.6 is 0 Å². The Balaban J connectivity index is 2.24. The smallest absolute Gasteiger partial charge is 0.225 e. The van der Waals surface area contributed by atoms with E-state index in [-0.39, 0.29) is 0 Å². The zero-order valence-electron chi connectivity index (χ0n) is 15.9. The van der Waals surface area contributed by atoms with E-state index in [2.05, 4.69) is 34.1 Å². The third-order valence-corrected chi connectivity index (χ3v) is 4.39. The van der Waals surface area contributed by atoms with Gasteiger partial charge in [-0.1, -0.05) is 34.6 Å². The molecule has 138 valence electrons. The van der Waals surface area contributed by atoms with Crippen molar-refractivity contribution in [1.29, 1.82) is 0 Å². The summed E-state index contributed by atoms with van der Waals surface area (Å²) in [5, 5.41) is 15.0. The van der Waals surface area contributed by atoms with E-state index in [9.17, 15) is 5.11 Å². The van der Waals surface area contributed by atoms with Gasteiger partial charge in [-0.2, -0.15) is 0 Å². The maximum absolute atomic E-state index is 11.9. The topological polar surface area (TPSA) is 88.2 Å². The minimum atomic E-state index is -1.43. The van der Waals surface area contributed by atoms with Crippen molar-refractivity contribution in [3.8, 4) is 0 Å². The van der Waals surface area contributed by atoms with Crippen molar-refractivity contribution < 1.29 is 5.11 Å². The summed E-state index contributed by atoms with van der Waals surface area (Å²) in [6.45, 7) is 10.2. The number of anilines is 1. The van der Waals surface area contributed by atoms with E-state index >= 15 is 0 Å². The van der Waals surface area contributed by atoms with Gasteiger partial charge in [-0.3, -0.25) is 9.38 Å². The average molecular weight is 354 g/mol. The molecule has 0 fully saturated rings. The Hall–Kier alpha value is -2.54. The Morgan fingerprint density at radius 1 is 1.15 bits per heavy atom. The Morgan fingerprint density at radius 3 is 2.46 bits per heavy atom. The minimum absolute atomic E-state index is 0.365. The Kier molecular flexibility index (Phi) is 4.66. The summed E-state index contributed by atoms with van der Waals surface area (Å²) in [6.07, 6.45) is 9.25. The SMILES string of the molecule is CC(C)Cc1nc2cnccn2c1C(O)(Nc1ncccn1)C(C)(C)C. The number of nitrogens with one attached hydrogen (secondary N) is 1. The second-order valence-electron chi connectivity index (χ2n) is 7.97. The molecule has 0 aromatic carbocycles. The minimum Gasteiger partial charge on any atom is -0.365 e. The molecule has 0 bridgehead atoms. The summed E-state index contributed by atoms with van der Waals surface area (Å²) in [5.41, 5.74) is 0.255. The van der Waals surface area contributed by atoms with Crippen LogP contribution in [0.1, 0.15) is 46.0 Å². The molecule has 0 spiro atoms. The summed E-state index contributed by atoms with van der Waals surface area (Å²) >= 11 is 0. The van der Waals surface area contributed by atoms with Crippen LogP contribution in [-0.2, 0) is 12.1 Å². The molecule has 26 heavy (non-hydrogen) atoms. The second-order valence-corrected chi connectivity index (χ2v) is 7.97. The van der Waals surface area contributed by atoms with Crippen molar-refractivity contribution in [2.45, 2.75) is 46.8 Å². The van der Waals surface area contributed by atoms with Crippen molar-refractivity contribution >= 4 is 11.6 Å². The van der Waals surface area contributed by atoms with E-state index < -0.39 is 11.1 Å². The van der Waals surface area contributed by atoms with E-state index in [0.717, 1.165) is 12.1 Å². The molecule has 0 aliphatic carbocycles. The number of imidazole rings is 1. The van der Waals surface area contributed by atoms with Crippen LogP contribution in [0.5, 0.6) is 0 Å². The van der Waals surface area contributed by atoms with Crippen LogP contribution in [0.15, 0.2) is 37.1 Å². The normalized spacial score (nSPS) is 14.6. The van der Waals surface area contributed by atoms with E-state index in [4.69, 9.17) is 4.98 Å². The van der Waals surface area contributed by atoms with Crippen molar-refractivity contribution in [2.24, 2.45) is 11.3 Å². The van der Waals surface area contributed by atoms with Gasteiger partial charge in [0, 0.05) is 30.2 Å². The van der Waals surface area contributed by atoms with Crippen LogP contribution in [0.25, 0.3) is 5.65 Å². The molecule has 3 heterocycles. The first kappa shape index (κ1) is 18.3. The molecule has 0 saturated carbocycles. The van der Waals surface area contributed by atoms with Gasteiger partial charge in [0.05, 0.1) is 17.6 Å². The Morgan fingerprint density at radius 2 is 1.85 bits per heavy atom. The molecule has 7 nitrogen and oxygen atoms in total. The lowest BCUT2D eigenvalue weighted by Gasteiger charge is -2.41. The molecule has 2 N–H and O–H groups in total. The summed E-state index contributed by atoms with van der Waals surface area (Å²) in [6, 6.07) is 1.74. The summed E-state index contributed by atoms with van der Waals surface area (Å²) < 4.78 is 1.89. The van der Waals surface area contributed by atoms with Crippen molar-refractivity contribution in [3.05, 3.63) is 48.4 Å². The van der Waals surface area contributed by atoms with Gasteiger partial charge in [0.25, 0.3) is 0 Å². The maximum atomic E-state index is 11.9. The quantitative estimate of drug-likeness (QED) is 0.685. The molecule has 3 aromatic heterocycles. The fourth-order valence-electron chi connectivity index (χ4n) is 3.00. The number of hydrogen-bond donors (Lipinski definition) is 2. The van der Waals surface area contributed by atoms with Gasteiger partial charge in [0.2, 0.25) is 5.95 Å². The lowest BCUT2D eigenvalue weighted by Crippen LogP contribution is -2.49. The summed E-state index contributed by atoms with van der Waals surface area (Å²) in [7, 11) is 0. The molecular weight excluding hydrogens is 328 g/mol. The van der Waals surface area contributed by atoms with Crippen LogP contribution in [0.4, 0.5) is 5.95 Å². The number of rotatable bonds is 5. The molecule has 1 unspecified atom stereocenters. The largest absolute Gasteiger partial charge is 0.365 e. The van der Waals surface area contributed by atoms with E-state index in [1.165, 1.54) is 0 Å². The fourth-order valence-corrected chi connectivity index (χ4v) is 3.00. The van der Waals surface area contributed by atoms with Crippen LogP contribution < -0.4 is 5.32 Å². The van der Waals surface area contributed by atoms with Gasteiger partial charge in [0.15, 0.2) is 11.4 Å². The third-order valence-electron chi connectivity index (χ3n) is 4.39. The van der Waals surface area contributed by atoms with Crippen LogP contribution in [-0.4, -0.2) is 29.4 Å². The highest BCUT2D eigenvalue weighted by Gasteiger charge is 2.46. The van der Waals surface area contributed by atoms with E-state index in [1.807, 2.05) is 31.4 Å². The first-order valence-corrected chi connectivity index (χ1v) is 8.81. The fraction of sp³-hybridized carbons (Fsp3) is 0.474. The lowest BCUT2D eigenvalue weighted by molar-refractivity contribution is -0.0436. The van der Waals surface area contributed by atoms with Crippen LogP contribution in [0, 0.1) is 11.3 Å². The van der Waals surface area contributed by atoms with E-state index in [1.54, 1.807) is 30.9 Å². The molecule has 3 aromatic rings. The number of nitrogens with zero attached hydrogens (tertiary/aromatic N) is 5. The maximum Gasteiger partial charge on any atom is 0.225 e. The van der Waals surface area contributed by atoms with Crippen LogP contribution in [0.2, 0.25) is 0 Å². The summed E-state index contributed by atoms with van der Waals surface area (Å²) in [4.78, 5) is 17.4. The zero-order chi connectivity index (χ0) is 18.9. The number of fused-ring (bicyclic) bond motifs is 1. The molecule has 0 aliphatic rings. The second kappa shape index (κ2) is 6.64. The van der Waals surface area contributed by atoms with Gasteiger partial charge < -0.3 is 10.4 Å². The highest BCUT2D eigenvalue weighted by Crippen LogP contribution is 2.41. The molecule has 7 heteroatoms. The van der Waals surface area contributed by atoms with E-state index in [0.29, 0.717) is 23.2 Å². The predicted molar refractivity (Wildman–Crippen MR) is 101 cm³/mol. The monoisotopic (exact) mass is 354 g/mol. The van der Waals surface area contributed by atoms with Gasteiger partial charge in [0.1, 0.15) is 0 Å².